The molecule has 1 heterocycles. The molecular weight excluding hydrogens is 283 g/mol. The van der Waals surface area contributed by atoms with Gasteiger partial charge in [0.1, 0.15) is 5.82 Å². The van der Waals surface area contributed by atoms with Crippen LogP contribution in [0.3, 0.4) is 0 Å². The third-order valence-electron chi connectivity index (χ3n) is 3.20. The third-order valence-corrected chi connectivity index (χ3v) is 4.24. The van der Waals surface area contributed by atoms with Gasteiger partial charge in [-0.2, -0.15) is 0 Å². The van der Waals surface area contributed by atoms with Crippen LogP contribution in [0.2, 0.25) is 0 Å². The van der Waals surface area contributed by atoms with Crippen molar-refractivity contribution in [1.29, 1.82) is 0 Å². The van der Waals surface area contributed by atoms with E-state index >= 15 is 0 Å². The highest BCUT2D eigenvalue weighted by Crippen LogP contribution is 2.24. The molecule has 3 aromatic rings. The number of nitrogens with zero attached hydrogens (tertiary/aromatic N) is 2. The number of rotatable bonds is 4. The number of aryl methyl sites for hydroxylation is 1. The molecule has 21 heavy (non-hydrogen) atoms. The summed E-state index contributed by atoms with van der Waals surface area (Å²) in [5, 5.41) is 0.933. The van der Waals surface area contributed by atoms with Crippen LogP contribution in [0.25, 0.3) is 5.69 Å². The minimum absolute atomic E-state index is 0.204. The minimum atomic E-state index is -0.204. The summed E-state index contributed by atoms with van der Waals surface area (Å²) in [4.78, 5) is 4.40. The summed E-state index contributed by atoms with van der Waals surface area (Å²) < 4.78 is 15.0. The van der Waals surface area contributed by atoms with Gasteiger partial charge in [0.05, 0.1) is 0 Å². The van der Waals surface area contributed by atoms with Crippen LogP contribution in [0.1, 0.15) is 11.1 Å². The van der Waals surface area contributed by atoms with E-state index in [1.54, 1.807) is 18.0 Å². The lowest BCUT2D eigenvalue weighted by Crippen LogP contribution is -1.95. The maximum absolute atomic E-state index is 12.9. The average Bonchev–Trinajstić information content (AvgIpc) is 2.96. The highest BCUT2D eigenvalue weighted by atomic mass is 32.2. The van der Waals surface area contributed by atoms with Crippen molar-refractivity contribution in [3.8, 4) is 5.69 Å². The van der Waals surface area contributed by atoms with Crippen LogP contribution in [0, 0.1) is 12.7 Å². The van der Waals surface area contributed by atoms with Crippen molar-refractivity contribution in [2.24, 2.45) is 0 Å². The number of hydrogen-bond donors (Lipinski definition) is 0. The summed E-state index contributed by atoms with van der Waals surface area (Å²) in [6.45, 7) is 2.07. The third kappa shape index (κ3) is 3.34. The van der Waals surface area contributed by atoms with Crippen LogP contribution in [-0.2, 0) is 5.75 Å². The summed E-state index contributed by atoms with van der Waals surface area (Å²) in [7, 11) is 0. The van der Waals surface area contributed by atoms with E-state index in [9.17, 15) is 4.39 Å². The summed E-state index contributed by atoms with van der Waals surface area (Å²) in [6, 6.07) is 14.9. The molecule has 0 amide bonds. The fourth-order valence-corrected chi connectivity index (χ4v) is 2.96. The lowest BCUT2D eigenvalue weighted by Gasteiger charge is -2.08. The molecule has 0 radical (unpaired) electrons. The first-order valence-corrected chi connectivity index (χ1v) is 7.68. The van der Waals surface area contributed by atoms with E-state index in [-0.39, 0.29) is 5.82 Å². The molecule has 0 aliphatic heterocycles. The van der Waals surface area contributed by atoms with Gasteiger partial charge in [0.25, 0.3) is 0 Å². The van der Waals surface area contributed by atoms with Crippen LogP contribution < -0.4 is 0 Å². The molecule has 0 fully saturated rings. The highest BCUT2D eigenvalue weighted by Gasteiger charge is 2.06. The predicted octanol–water partition coefficient (Wildman–Crippen LogP) is 4.61. The van der Waals surface area contributed by atoms with Gasteiger partial charge < -0.3 is 0 Å². The molecule has 4 heteroatoms. The van der Waals surface area contributed by atoms with E-state index in [1.165, 1.54) is 17.7 Å². The van der Waals surface area contributed by atoms with E-state index in [1.807, 2.05) is 18.3 Å². The topological polar surface area (TPSA) is 17.8 Å². The van der Waals surface area contributed by atoms with Gasteiger partial charge in [0, 0.05) is 23.8 Å². The molecule has 0 N–H and O–H groups in total. The van der Waals surface area contributed by atoms with Crippen molar-refractivity contribution >= 4 is 11.8 Å². The Morgan fingerprint density at radius 2 is 1.76 bits per heavy atom. The molecule has 0 aliphatic carbocycles. The molecule has 0 unspecified atom stereocenters. The van der Waals surface area contributed by atoms with Crippen molar-refractivity contribution in [1.82, 2.24) is 9.55 Å². The zero-order valence-electron chi connectivity index (χ0n) is 11.7. The first-order valence-electron chi connectivity index (χ1n) is 6.70. The smallest absolute Gasteiger partial charge is 0.172 e. The molecule has 0 bridgehead atoms. The monoisotopic (exact) mass is 298 g/mol. The largest absolute Gasteiger partial charge is 0.295 e. The highest BCUT2D eigenvalue weighted by molar-refractivity contribution is 7.98. The number of thioether (sulfide) groups is 1. The predicted molar refractivity (Wildman–Crippen MR) is 84.3 cm³/mol. The minimum Gasteiger partial charge on any atom is -0.295 e. The normalized spacial score (nSPS) is 10.8. The Bertz CT molecular complexity index is 717. The van der Waals surface area contributed by atoms with Crippen LogP contribution >= 0.6 is 11.8 Å². The van der Waals surface area contributed by atoms with E-state index in [0.29, 0.717) is 0 Å². The summed E-state index contributed by atoms with van der Waals surface area (Å²) in [5.41, 5.74) is 3.42. The molecule has 0 atom stereocenters. The maximum atomic E-state index is 12.9. The zero-order valence-corrected chi connectivity index (χ0v) is 12.5. The van der Waals surface area contributed by atoms with Gasteiger partial charge >= 0.3 is 0 Å². The Labute approximate surface area is 127 Å². The van der Waals surface area contributed by atoms with Crippen molar-refractivity contribution < 1.29 is 4.39 Å². The molecule has 0 saturated carbocycles. The van der Waals surface area contributed by atoms with Gasteiger partial charge in [-0.25, -0.2) is 9.37 Å². The second-order valence-corrected chi connectivity index (χ2v) is 5.77. The maximum Gasteiger partial charge on any atom is 0.172 e. The summed E-state index contributed by atoms with van der Waals surface area (Å²) in [5.74, 6) is 0.563. The fourth-order valence-electron chi connectivity index (χ4n) is 2.03. The standard InChI is InChI=1S/C17H15FN2S/c1-13-2-8-16(9-3-13)20-11-10-19-17(20)21-12-14-4-6-15(18)7-5-14/h2-11H,12H2,1H3. The molecule has 2 nitrogen and oxygen atoms in total. The number of hydrogen-bond acceptors (Lipinski definition) is 2. The van der Waals surface area contributed by atoms with E-state index in [4.69, 9.17) is 0 Å². The van der Waals surface area contributed by atoms with Crippen LogP contribution in [0.5, 0.6) is 0 Å². The molecule has 106 valence electrons. The number of imidazole rings is 1. The quantitative estimate of drug-likeness (QED) is 0.654. The molecule has 1 aromatic heterocycles. The molecular formula is C17H15FN2S. The summed E-state index contributed by atoms with van der Waals surface area (Å²) in [6.07, 6.45) is 3.75. The number of benzene rings is 2. The fraction of sp³-hybridized carbons (Fsp3) is 0.118. The van der Waals surface area contributed by atoms with Crippen LogP contribution in [-0.4, -0.2) is 9.55 Å². The van der Waals surface area contributed by atoms with Gasteiger partial charge in [-0.3, -0.25) is 4.57 Å². The second kappa shape index (κ2) is 6.14. The zero-order chi connectivity index (χ0) is 14.7. The van der Waals surface area contributed by atoms with Crippen molar-refractivity contribution in [3.63, 3.8) is 0 Å². The van der Waals surface area contributed by atoms with E-state index < -0.39 is 0 Å². The first kappa shape index (κ1) is 13.9. The lowest BCUT2D eigenvalue weighted by atomic mass is 10.2. The van der Waals surface area contributed by atoms with Crippen LogP contribution in [0.15, 0.2) is 66.1 Å². The lowest BCUT2D eigenvalue weighted by molar-refractivity contribution is 0.627. The average molecular weight is 298 g/mol. The number of aromatic nitrogens is 2. The Morgan fingerprint density at radius 3 is 2.48 bits per heavy atom. The Morgan fingerprint density at radius 1 is 1.05 bits per heavy atom. The Balaban J connectivity index is 1.76. The molecule has 2 aromatic carbocycles. The molecule has 3 rings (SSSR count). The van der Waals surface area contributed by atoms with Gasteiger partial charge in [0.15, 0.2) is 5.16 Å². The van der Waals surface area contributed by atoms with Gasteiger partial charge in [0.2, 0.25) is 0 Å². The summed E-state index contributed by atoms with van der Waals surface area (Å²) >= 11 is 1.64. The Hall–Kier alpha value is -2.07. The SMILES string of the molecule is Cc1ccc(-n2ccnc2SCc2ccc(F)cc2)cc1. The molecule has 0 saturated heterocycles. The van der Waals surface area contributed by atoms with Gasteiger partial charge in [-0.1, -0.05) is 41.6 Å². The van der Waals surface area contributed by atoms with Gasteiger partial charge in [-0.15, -0.1) is 0 Å². The van der Waals surface area contributed by atoms with Gasteiger partial charge in [-0.05, 0) is 36.8 Å². The molecule has 0 aliphatic rings. The van der Waals surface area contributed by atoms with Crippen LogP contribution in [0.4, 0.5) is 4.39 Å². The second-order valence-electron chi connectivity index (χ2n) is 4.83. The molecule has 0 spiro atoms. The van der Waals surface area contributed by atoms with Crippen molar-refractivity contribution in [2.45, 2.75) is 17.8 Å². The Kier molecular flexibility index (Phi) is 4.06. The van der Waals surface area contributed by atoms with E-state index in [0.717, 1.165) is 22.2 Å². The van der Waals surface area contributed by atoms with Crippen molar-refractivity contribution in [2.75, 3.05) is 0 Å². The van der Waals surface area contributed by atoms with E-state index in [2.05, 4.69) is 40.7 Å². The first-order chi connectivity index (χ1) is 10.2. The number of halogens is 1. The van der Waals surface area contributed by atoms with Crippen molar-refractivity contribution in [3.05, 3.63) is 77.9 Å².